The largest absolute Gasteiger partial charge is 0.432 e. The lowest BCUT2D eigenvalue weighted by Crippen LogP contribution is -2.67. The van der Waals surface area contributed by atoms with Gasteiger partial charge in [-0.3, -0.25) is 4.79 Å². The molecule has 0 aromatic heterocycles. The van der Waals surface area contributed by atoms with E-state index in [-0.39, 0.29) is 34.0 Å². The highest BCUT2D eigenvalue weighted by atomic mass is 16.8. The predicted octanol–water partition coefficient (Wildman–Crippen LogP) is -5.23. The summed E-state index contributed by atoms with van der Waals surface area (Å²) >= 11 is 0. The Morgan fingerprint density at radius 2 is 1.01 bits per heavy atom. The zero-order valence-corrected chi connectivity index (χ0v) is 60.2. The molecule has 0 spiro atoms. The van der Waals surface area contributed by atoms with Crippen LogP contribution < -0.4 is 0 Å². The first kappa shape index (κ1) is 81.4. The Bertz CT molecular complexity index is 2950. The fourth-order valence-corrected chi connectivity index (χ4v) is 20.2. The second kappa shape index (κ2) is 30.8. The SMILES string of the molecule is C[C@@H]1O[C@@H](O[C@H]2[C@H](O)[C@@H](O)[C@H](OC[C@H]3O[C@@H](OC(=O)[C@]45CCC(C)(C)C[C@H]4C4=CC[C@@H]6[C@@]7(C)CC[C@H](O[C@@H]8OC[C@H](O[C@@H]9O[C@H](CO)[C@@H](O)[C@H](O)[C@H]9O)[C@H](O)[C@H]8O[C@@H]8O[C@@H](C)[C@H](O)[C@@H](O[C@@H]9OC[C@@H](O)[C@H](O)[C@H]9O)[C@H]8O)C(C)(C)[C@@H]7CC[C@@]6(C)[C@]4(C)CC5)[C@H](O)[C@@H](O)[C@@H]3O)O[C@@H]2CO)[C@H](O)[C@H](O)[C@H]1O. The van der Waals surface area contributed by atoms with E-state index < -0.39 is 264 Å². The van der Waals surface area contributed by atoms with Crippen molar-refractivity contribution in [1.82, 2.24) is 0 Å². The minimum absolute atomic E-state index is 0.0177. The molecule has 0 unspecified atom stereocenters. The van der Waals surface area contributed by atoms with E-state index in [1.165, 1.54) is 13.8 Å². The Balaban J connectivity index is 0.742. The van der Waals surface area contributed by atoms with Crippen molar-refractivity contribution in [3.63, 3.8) is 0 Å². The van der Waals surface area contributed by atoms with Crippen LogP contribution in [0.5, 0.6) is 0 Å². The van der Waals surface area contributed by atoms with Gasteiger partial charge in [0.1, 0.15) is 146 Å². The number of fused-ring (bicyclic) bond motifs is 7. The summed E-state index contributed by atoms with van der Waals surface area (Å²) in [5.74, 6) is -0.845. The quantitative estimate of drug-likeness (QED) is 0.0368. The van der Waals surface area contributed by atoms with E-state index in [2.05, 4.69) is 54.5 Å². The normalized spacial score (nSPS) is 54.7. The van der Waals surface area contributed by atoms with E-state index in [0.717, 1.165) is 18.4 Å². The fourth-order valence-electron chi connectivity index (χ4n) is 20.2. The van der Waals surface area contributed by atoms with Crippen LogP contribution in [0.15, 0.2) is 11.6 Å². The number of rotatable bonds is 17. The highest BCUT2D eigenvalue weighted by molar-refractivity contribution is 5.79. The van der Waals surface area contributed by atoms with Crippen LogP contribution in [0.2, 0.25) is 0 Å². The first-order valence-electron chi connectivity index (χ1n) is 36.9. The summed E-state index contributed by atoms with van der Waals surface area (Å²) in [5, 5.41) is 207. The molecule has 4 saturated carbocycles. The summed E-state index contributed by atoms with van der Waals surface area (Å²) in [6, 6.07) is 0. The van der Waals surface area contributed by atoms with Gasteiger partial charge in [0, 0.05) is 0 Å². The molecule has 104 heavy (non-hydrogen) atoms. The van der Waals surface area contributed by atoms with Crippen LogP contribution in [0.1, 0.15) is 127 Å². The molecule has 12 aliphatic rings. The number of allylic oxidation sites excluding steroid dienone is 2. The van der Waals surface area contributed by atoms with Crippen molar-refractivity contribution in [2.75, 3.05) is 33.0 Å². The maximum Gasteiger partial charge on any atom is 0.315 e. The zero-order valence-electron chi connectivity index (χ0n) is 60.2. The van der Waals surface area contributed by atoms with Gasteiger partial charge < -0.3 is 163 Å². The standard InChI is InChI=1S/C70H114O34/c1-26-38(74)44(80)49(85)59(94-26)101-54-32(22-72)97-57(52(88)47(54)83)92-24-33-42(78)46(82)51(87)61(98-33)104-64(90)70-18-16-65(3,4)20-29(70)28-10-11-36-67(7)14-13-37(66(5,6)35(67)12-15-69(36,9)68(28,8)17-19-70)100-63-56(43(79)34(25-93-63)99-60-50(86)45(81)41(77)31(21-71)96-60)103-62-53(89)55(39(75)27(2)95-62)102-58-48(84)40(76)30(73)23-91-58/h10,26-27,29-63,71-89H,11-25H2,1-9H3/t26-,27-,29-,30+,31+,32+,33+,34-,35-,36+,37-,38-,39-,40-,41+,42+,43-,44+,45-,46-,47+,48+,49+,50+,51+,52+,53+,54+,55+,56+,57+,58-,59-,60-,61-,62-,63-,67-,68+,69+,70-/m0/s1. The number of carbonyl (C=O) groups is 1. The lowest BCUT2D eigenvalue weighted by Gasteiger charge is -2.71. The Kier molecular flexibility index (Phi) is 24.1. The molecule has 11 fully saturated rings. The Morgan fingerprint density at radius 3 is 1.68 bits per heavy atom. The van der Waals surface area contributed by atoms with E-state index in [9.17, 15) is 97.0 Å². The van der Waals surface area contributed by atoms with E-state index in [1.807, 2.05) is 0 Å². The molecule has 0 aromatic carbocycles. The molecule has 7 aliphatic heterocycles. The van der Waals surface area contributed by atoms with E-state index in [1.54, 1.807) is 0 Å². The maximum atomic E-state index is 15.4. The highest BCUT2D eigenvalue weighted by Gasteiger charge is 2.71. The number of aliphatic hydroxyl groups is 19. The van der Waals surface area contributed by atoms with Crippen molar-refractivity contribution >= 4 is 5.97 Å². The lowest BCUT2D eigenvalue weighted by molar-refractivity contribution is -0.388. The zero-order chi connectivity index (χ0) is 75.7. The molecule has 41 atom stereocenters. The van der Waals surface area contributed by atoms with Gasteiger partial charge in [-0.15, -0.1) is 0 Å². The summed E-state index contributed by atoms with van der Waals surface area (Å²) in [5.41, 5.74) is -1.86. The Labute approximate surface area is 602 Å². The van der Waals surface area contributed by atoms with Crippen molar-refractivity contribution in [1.29, 1.82) is 0 Å². The Morgan fingerprint density at radius 1 is 0.462 bits per heavy atom. The van der Waals surface area contributed by atoms with Crippen molar-refractivity contribution in [2.24, 2.45) is 50.2 Å². The second-order valence-electron chi connectivity index (χ2n) is 33.8. The molecule has 0 aromatic rings. The van der Waals surface area contributed by atoms with Crippen molar-refractivity contribution in [3.8, 4) is 0 Å². The lowest BCUT2D eigenvalue weighted by atomic mass is 9.33. The van der Waals surface area contributed by atoms with Gasteiger partial charge in [0.05, 0.1) is 56.8 Å². The van der Waals surface area contributed by atoms with Crippen molar-refractivity contribution < 1.29 is 168 Å². The smallest absolute Gasteiger partial charge is 0.315 e. The molecule has 34 heteroatoms. The van der Waals surface area contributed by atoms with E-state index in [0.29, 0.717) is 51.4 Å². The van der Waals surface area contributed by atoms with Crippen molar-refractivity contribution in [3.05, 3.63) is 11.6 Å². The molecule has 0 bridgehead atoms. The first-order valence-corrected chi connectivity index (χ1v) is 36.9. The molecule has 598 valence electrons. The van der Waals surface area contributed by atoms with Gasteiger partial charge in [-0.1, -0.05) is 60.1 Å². The minimum atomic E-state index is -1.93. The van der Waals surface area contributed by atoms with Gasteiger partial charge >= 0.3 is 5.97 Å². The molecule has 7 heterocycles. The van der Waals surface area contributed by atoms with Gasteiger partial charge in [-0.2, -0.15) is 0 Å². The second-order valence-corrected chi connectivity index (χ2v) is 33.8. The maximum absolute atomic E-state index is 15.4. The first-order chi connectivity index (χ1) is 48.8. The van der Waals surface area contributed by atoms with Crippen LogP contribution in [0, 0.1) is 50.2 Å². The van der Waals surface area contributed by atoms with Gasteiger partial charge in [-0.05, 0) is 123 Å². The third kappa shape index (κ3) is 14.3. The molecule has 0 amide bonds. The molecule has 12 rings (SSSR count). The number of esters is 1. The van der Waals surface area contributed by atoms with Crippen LogP contribution in [0.25, 0.3) is 0 Å². The van der Waals surface area contributed by atoms with Gasteiger partial charge in [-0.25, -0.2) is 0 Å². The summed E-state index contributed by atoms with van der Waals surface area (Å²) in [6.45, 7) is 15.4. The van der Waals surface area contributed by atoms with Gasteiger partial charge in [0.2, 0.25) is 6.29 Å². The minimum Gasteiger partial charge on any atom is -0.432 e. The summed E-state index contributed by atoms with van der Waals surface area (Å²) < 4.78 is 84.1. The number of carbonyl (C=O) groups excluding carboxylic acids is 1. The highest BCUT2D eigenvalue weighted by Crippen LogP contribution is 2.76. The predicted molar refractivity (Wildman–Crippen MR) is 346 cm³/mol. The summed E-state index contributed by atoms with van der Waals surface area (Å²) in [7, 11) is 0. The van der Waals surface area contributed by atoms with Crippen LogP contribution in [0.4, 0.5) is 0 Å². The van der Waals surface area contributed by atoms with Gasteiger partial charge in [0.25, 0.3) is 0 Å². The van der Waals surface area contributed by atoms with Crippen LogP contribution in [0.3, 0.4) is 0 Å². The third-order valence-electron chi connectivity index (χ3n) is 26.9. The van der Waals surface area contributed by atoms with Gasteiger partial charge in [0.15, 0.2) is 37.7 Å². The number of aliphatic hydroxyl groups excluding tert-OH is 19. The summed E-state index contributed by atoms with van der Waals surface area (Å²) in [6.07, 6.45) is -46.6. The summed E-state index contributed by atoms with van der Waals surface area (Å²) in [4.78, 5) is 15.4. The average molecular weight is 1500 g/mol. The Hall–Kier alpha value is -2.07. The number of hydrogen-bond acceptors (Lipinski definition) is 34. The van der Waals surface area contributed by atoms with E-state index >= 15 is 4.79 Å². The number of ether oxygens (including phenoxy) is 14. The number of hydrogen-bond donors (Lipinski definition) is 19. The van der Waals surface area contributed by atoms with Crippen LogP contribution >= 0.6 is 0 Å². The molecular weight excluding hydrogens is 1380 g/mol. The molecule has 19 N–H and O–H groups in total. The fraction of sp³-hybridized carbons (Fsp3) is 0.957. The third-order valence-corrected chi connectivity index (χ3v) is 26.9. The molecular formula is C70H114O34. The molecule has 7 saturated heterocycles. The molecule has 34 nitrogen and oxygen atoms in total. The average Bonchev–Trinajstić information content (AvgIpc) is 0.674. The van der Waals surface area contributed by atoms with Crippen LogP contribution in [-0.4, -0.2) is 345 Å². The van der Waals surface area contributed by atoms with E-state index in [4.69, 9.17) is 66.3 Å². The monoisotopic (exact) mass is 1500 g/mol. The topological polar surface area (TPSA) is 531 Å². The van der Waals surface area contributed by atoms with Crippen LogP contribution in [-0.2, 0) is 71.1 Å². The molecule has 5 aliphatic carbocycles. The molecule has 0 radical (unpaired) electrons. The van der Waals surface area contributed by atoms with Crippen molar-refractivity contribution in [2.45, 2.75) is 335 Å².